The SMILES string of the molecule is CC1CCN(C(=O)c2nnsc2-c2ccccc2)CC1. The maximum Gasteiger partial charge on any atom is 0.275 e. The van der Waals surface area contributed by atoms with Crippen LogP contribution in [-0.4, -0.2) is 33.5 Å². The number of hydrogen-bond acceptors (Lipinski definition) is 4. The third-order valence-electron chi connectivity index (χ3n) is 3.80. The molecule has 0 spiro atoms. The predicted octanol–water partition coefficient (Wildman–Crippen LogP) is 3.08. The van der Waals surface area contributed by atoms with Crippen LogP contribution in [0.15, 0.2) is 30.3 Å². The first-order valence-corrected chi connectivity index (χ1v) is 7.70. The van der Waals surface area contributed by atoms with Crippen LogP contribution >= 0.6 is 11.5 Å². The van der Waals surface area contributed by atoms with Crippen molar-refractivity contribution in [1.29, 1.82) is 0 Å². The van der Waals surface area contributed by atoms with Gasteiger partial charge in [-0.25, -0.2) is 0 Å². The van der Waals surface area contributed by atoms with Gasteiger partial charge in [-0.1, -0.05) is 41.7 Å². The topological polar surface area (TPSA) is 46.1 Å². The fourth-order valence-corrected chi connectivity index (χ4v) is 3.13. The van der Waals surface area contributed by atoms with Gasteiger partial charge in [0.1, 0.15) is 0 Å². The fourth-order valence-electron chi connectivity index (χ4n) is 2.47. The molecule has 0 atom stereocenters. The van der Waals surface area contributed by atoms with Gasteiger partial charge in [-0.05, 0) is 35.9 Å². The Kier molecular flexibility index (Phi) is 3.78. The van der Waals surface area contributed by atoms with Gasteiger partial charge in [-0.15, -0.1) is 5.10 Å². The van der Waals surface area contributed by atoms with Gasteiger partial charge >= 0.3 is 0 Å². The first-order chi connectivity index (χ1) is 9.75. The van der Waals surface area contributed by atoms with Gasteiger partial charge in [0, 0.05) is 13.1 Å². The quantitative estimate of drug-likeness (QED) is 0.852. The zero-order valence-electron chi connectivity index (χ0n) is 11.5. The molecule has 1 aromatic carbocycles. The van der Waals surface area contributed by atoms with Crippen LogP contribution in [0.3, 0.4) is 0 Å². The minimum atomic E-state index is 0.0181. The van der Waals surface area contributed by atoms with E-state index < -0.39 is 0 Å². The maximum absolute atomic E-state index is 12.6. The van der Waals surface area contributed by atoms with Crippen LogP contribution in [0.5, 0.6) is 0 Å². The van der Waals surface area contributed by atoms with Crippen molar-refractivity contribution < 1.29 is 4.79 Å². The van der Waals surface area contributed by atoms with E-state index in [1.807, 2.05) is 35.2 Å². The van der Waals surface area contributed by atoms with Gasteiger partial charge in [0.25, 0.3) is 5.91 Å². The summed E-state index contributed by atoms with van der Waals surface area (Å²) >= 11 is 1.29. The van der Waals surface area contributed by atoms with E-state index in [1.165, 1.54) is 11.5 Å². The van der Waals surface area contributed by atoms with E-state index in [0.29, 0.717) is 11.6 Å². The summed E-state index contributed by atoms with van der Waals surface area (Å²) in [5.74, 6) is 0.728. The molecule has 1 fully saturated rings. The Morgan fingerprint density at radius 1 is 1.25 bits per heavy atom. The highest BCUT2D eigenvalue weighted by molar-refractivity contribution is 7.09. The summed E-state index contributed by atoms with van der Waals surface area (Å²) in [6.07, 6.45) is 2.15. The Bertz CT molecular complexity index is 588. The van der Waals surface area contributed by atoms with Crippen LogP contribution in [0, 0.1) is 5.92 Å². The second-order valence-electron chi connectivity index (χ2n) is 5.29. The summed E-state index contributed by atoms with van der Waals surface area (Å²) in [5.41, 5.74) is 1.51. The first kappa shape index (κ1) is 13.2. The molecule has 1 aliphatic rings. The predicted molar refractivity (Wildman–Crippen MR) is 79.6 cm³/mol. The van der Waals surface area contributed by atoms with Gasteiger partial charge in [-0.3, -0.25) is 4.79 Å². The number of carbonyl (C=O) groups is 1. The Hall–Kier alpha value is -1.75. The van der Waals surface area contributed by atoms with Gasteiger partial charge in [0.2, 0.25) is 0 Å². The third-order valence-corrected chi connectivity index (χ3v) is 4.57. The molecule has 2 aromatic rings. The van der Waals surface area contributed by atoms with Crippen LogP contribution in [-0.2, 0) is 0 Å². The van der Waals surface area contributed by atoms with Crippen molar-refractivity contribution in [3.63, 3.8) is 0 Å². The molecule has 0 N–H and O–H groups in total. The maximum atomic E-state index is 12.6. The zero-order chi connectivity index (χ0) is 13.9. The Morgan fingerprint density at radius 3 is 2.65 bits per heavy atom. The lowest BCUT2D eigenvalue weighted by Gasteiger charge is -2.29. The number of hydrogen-bond donors (Lipinski definition) is 0. The van der Waals surface area contributed by atoms with Gasteiger partial charge in [0.15, 0.2) is 5.69 Å². The number of likely N-dealkylation sites (tertiary alicyclic amines) is 1. The molecule has 0 aliphatic carbocycles. The van der Waals surface area contributed by atoms with Crippen molar-refractivity contribution >= 4 is 17.4 Å². The smallest absolute Gasteiger partial charge is 0.275 e. The second kappa shape index (κ2) is 5.71. The average Bonchev–Trinajstić information content (AvgIpc) is 2.97. The van der Waals surface area contributed by atoms with Gasteiger partial charge in [0.05, 0.1) is 4.88 Å². The molecule has 0 bridgehead atoms. The highest BCUT2D eigenvalue weighted by Gasteiger charge is 2.26. The first-order valence-electron chi connectivity index (χ1n) is 6.93. The van der Waals surface area contributed by atoms with E-state index in [-0.39, 0.29) is 5.91 Å². The van der Waals surface area contributed by atoms with Crippen molar-refractivity contribution in [3.05, 3.63) is 36.0 Å². The number of carbonyl (C=O) groups excluding carboxylic acids is 1. The number of piperidine rings is 1. The summed E-state index contributed by atoms with van der Waals surface area (Å²) in [6, 6.07) is 9.87. The Balaban J connectivity index is 1.85. The van der Waals surface area contributed by atoms with Crippen molar-refractivity contribution in [1.82, 2.24) is 14.5 Å². The second-order valence-corrected chi connectivity index (χ2v) is 6.05. The lowest BCUT2D eigenvalue weighted by atomic mass is 9.99. The fraction of sp³-hybridized carbons (Fsp3) is 0.400. The van der Waals surface area contributed by atoms with Crippen molar-refractivity contribution in [3.8, 4) is 10.4 Å². The van der Waals surface area contributed by atoms with Crippen molar-refractivity contribution in [2.75, 3.05) is 13.1 Å². The van der Waals surface area contributed by atoms with Crippen LogP contribution in [0.2, 0.25) is 0 Å². The van der Waals surface area contributed by atoms with E-state index in [4.69, 9.17) is 0 Å². The van der Waals surface area contributed by atoms with Gasteiger partial charge in [-0.2, -0.15) is 0 Å². The highest BCUT2D eigenvalue weighted by atomic mass is 32.1. The van der Waals surface area contributed by atoms with Crippen LogP contribution < -0.4 is 0 Å². The number of rotatable bonds is 2. The normalized spacial score (nSPS) is 16.4. The number of aromatic nitrogens is 2. The molecule has 0 saturated carbocycles. The molecule has 1 amide bonds. The summed E-state index contributed by atoms with van der Waals surface area (Å²) < 4.78 is 3.97. The van der Waals surface area contributed by atoms with E-state index in [2.05, 4.69) is 16.5 Å². The summed E-state index contributed by atoms with van der Waals surface area (Å²) in [4.78, 5) is 15.4. The van der Waals surface area contributed by atoms with E-state index in [9.17, 15) is 4.79 Å². The van der Waals surface area contributed by atoms with E-state index >= 15 is 0 Å². The molecule has 0 unspecified atom stereocenters. The Labute approximate surface area is 122 Å². The molecule has 0 radical (unpaired) electrons. The molecule has 20 heavy (non-hydrogen) atoms. The molecular weight excluding hydrogens is 270 g/mol. The molecular formula is C15H17N3OS. The van der Waals surface area contributed by atoms with Crippen molar-refractivity contribution in [2.45, 2.75) is 19.8 Å². The lowest BCUT2D eigenvalue weighted by molar-refractivity contribution is 0.0692. The molecule has 4 nitrogen and oxygen atoms in total. The lowest BCUT2D eigenvalue weighted by Crippen LogP contribution is -2.38. The minimum Gasteiger partial charge on any atom is -0.337 e. The summed E-state index contributed by atoms with van der Waals surface area (Å²) in [5, 5.41) is 4.06. The van der Waals surface area contributed by atoms with E-state index in [0.717, 1.165) is 36.4 Å². The Morgan fingerprint density at radius 2 is 1.95 bits per heavy atom. The van der Waals surface area contributed by atoms with Crippen LogP contribution in [0.1, 0.15) is 30.3 Å². The van der Waals surface area contributed by atoms with Crippen LogP contribution in [0.25, 0.3) is 10.4 Å². The number of benzene rings is 1. The molecule has 1 aliphatic heterocycles. The molecule has 1 saturated heterocycles. The summed E-state index contributed by atoms with van der Waals surface area (Å²) in [7, 11) is 0. The number of amides is 1. The molecule has 2 heterocycles. The molecule has 104 valence electrons. The molecule has 3 rings (SSSR count). The zero-order valence-corrected chi connectivity index (χ0v) is 12.3. The monoisotopic (exact) mass is 287 g/mol. The van der Waals surface area contributed by atoms with E-state index in [1.54, 1.807) is 0 Å². The van der Waals surface area contributed by atoms with Crippen molar-refractivity contribution in [2.24, 2.45) is 5.92 Å². The summed E-state index contributed by atoms with van der Waals surface area (Å²) in [6.45, 7) is 3.89. The minimum absolute atomic E-state index is 0.0181. The third kappa shape index (κ3) is 2.58. The molecule has 1 aromatic heterocycles. The standard InChI is InChI=1S/C15H17N3OS/c1-11-7-9-18(10-8-11)15(19)13-14(20-17-16-13)12-5-3-2-4-6-12/h2-6,11H,7-10H2,1H3. The highest BCUT2D eigenvalue weighted by Crippen LogP contribution is 2.27. The van der Waals surface area contributed by atoms with Crippen LogP contribution in [0.4, 0.5) is 0 Å². The molecule has 5 heteroatoms. The average molecular weight is 287 g/mol. The largest absolute Gasteiger partial charge is 0.337 e. The van der Waals surface area contributed by atoms with Gasteiger partial charge < -0.3 is 4.90 Å². The number of nitrogens with zero attached hydrogens (tertiary/aromatic N) is 3.